The molecule has 1 unspecified atom stereocenters. The Morgan fingerprint density at radius 1 is 1.07 bits per heavy atom. The summed E-state index contributed by atoms with van der Waals surface area (Å²) in [7, 11) is 1.54. The first kappa shape index (κ1) is 27.7. The molecule has 210 valence electrons. The fraction of sp³-hybridized carbons (Fsp3) is 0.333. The summed E-state index contributed by atoms with van der Waals surface area (Å²) in [5.41, 5.74) is 6.04. The van der Waals surface area contributed by atoms with Gasteiger partial charge in [-0.1, -0.05) is 41.9 Å². The van der Waals surface area contributed by atoms with E-state index < -0.39 is 34.8 Å². The summed E-state index contributed by atoms with van der Waals surface area (Å²) in [5.74, 6) is -2.38. The molecular weight excluding hydrogens is 538 g/mol. The van der Waals surface area contributed by atoms with Gasteiger partial charge in [-0.15, -0.1) is 0 Å². The molecule has 2 amide bonds. The number of anilines is 2. The van der Waals surface area contributed by atoms with Crippen LogP contribution in [0.4, 0.5) is 25.0 Å². The number of amides is 2. The monoisotopic (exact) mass is 568 g/mol. The molecule has 0 spiro atoms. The molecular formula is C30H31ClF2N4O3. The zero-order chi connectivity index (χ0) is 29.0. The van der Waals surface area contributed by atoms with Crippen LogP contribution in [0.2, 0.25) is 5.02 Å². The van der Waals surface area contributed by atoms with Crippen LogP contribution in [0.1, 0.15) is 42.3 Å². The van der Waals surface area contributed by atoms with Gasteiger partial charge >= 0.3 is 6.09 Å². The lowest BCUT2D eigenvalue weighted by Crippen LogP contribution is -2.60. The van der Waals surface area contributed by atoms with Crippen LogP contribution < -0.4 is 16.0 Å². The average molecular weight is 569 g/mol. The molecule has 1 atom stereocenters. The number of hydrogen-bond acceptors (Lipinski definition) is 5. The maximum Gasteiger partial charge on any atom is 0.410 e. The molecule has 0 aliphatic carbocycles. The molecule has 3 N–H and O–H groups in total. The van der Waals surface area contributed by atoms with E-state index in [1.165, 1.54) is 18.2 Å². The Morgan fingerprint density at radius 3 is 2.40 bits per heavy atom. The van der Waals surface area contributed by atoms with E-state index in [0.29, 0.717) is 24.3 Å². The van der Waals surface area contributed by atoms with Gasteiger partial charge in [0, 0.05) is 43.4 Å². The van der Waals surface area contributed by atoms with Crippen LogP contribution in [0.5, 0.6) is 0 Å². The smallest absolute Gasteiger partial charge is 0.410 e. The highest BCUT2D eigenvalue weighted by atomic mass is 35.5. The third-order valence-electron chi connectivity index (χ3n) is 7.52. The van der Waals surface area contributed by atoms with Crippen molar-refractivity contribution in [1.29, 1.82) is 0 Å². The molecule has 0 aromatic heterocycles. The number of nitrogens with zero attached hydrogens (tertiary/aromatic N) is 2. The first-order valence-corrected chi connectivity index (χ1v) is 13.4. The van der Waals surface area contributed by atoms with Gasteiger partial charge in [0.15, 0.2) is 5.82 Å². The molecule has 40 heavy (non-hydrogen) atoms. The van der Waals surface area contributed by atoms with Crippen molar-refractivity contribution in [3.8, 4) is 11.1 Å². The summed E-state index contributed by atoms with van der Waals surface area (Å²) < 4.78 is 37.2. The third-order valence-corrected chi connectivity index (χ3v) is 7.89. The van der Waals surface area contributed by atoms with E-state index in [4.69, 9.17) is 22.1 Å². The van der Waals surface area contributed by atoms with E-state index in [2.05, 4.69) is 5.32 Å². The summed E-state index contributed by atoms with van der Waals surface area (Å²) in [6.45, 7) is 6.35. The van der Waals surface area contributed by atoms with Gasteiger partial charge in [-0.3, -0.25) is 4.79 Å². The molecule has 1 saturated heterocycles. The molecule has 2 aliphatic rings. The Hall–Kier alpha value is -3.85. The largest absolute Gasteiger partial charge is 0.444 e. The summed E-state index contributed by atoms with van der Waals surface area (Å²) >= 11 is 6.58. The van der Waals surface area contributed by atoms with Crippen molar-refractivity contribution in [2.24, 2.45) is 5.73 Å². The third kappa shape index (κ3) is 4.52. The number of benzene rings is 3. The van der Waals surface area contributed by atoms with E-state index in [1.54, 1.807) is 32.7 Å². The maximum absolute atomic E-state index is 15.9. The van der Waals surface area contributed by atoms with Crippen LogP contribution in [-0.4, -0.2) is 49.2 Å². The van der Waals surface area contributed by atoms with Crippen LogP contribution in [0.25, 0.3) is 11.1 Å². The van der Waals surface area contributed by atoms with E-state index in [1.807, 2.05) is 35.2 Å². The second-order valence-electron chi connectivity index (χ2n) is 11.1. The van der Waals surface area contributed by atoms with Gasteiger partial charge in [0.1, 0.15) is 11.4 Å². The Bertz CT molecular complexity index is 1510. The standard InChI is InChI=1S/C30H31ClF2N4O3/c1-29(2,3)40-28(39)36-12-13-37-22-14-20(32)25(31)23(24-18(27(34)38)10-11-21(35-4)26(24)33)19(22)15-30(37,16-36)17-8-6-5-7-9-17/h5-11,14,35H,12-13,15-16H2,1-4H3,(H2,34,38). The van der Waals surface area contributed by atoms with Crippen LogP contribution >= 0.6 is 11.6 Å². The number of carbonyl (C=O) groups is 2. The van der Waals surface area contributed by atoms with Crippen molar-refractivity contribution in [3.05, 3.63) is 81.9 Å². The van der Waals surface area contributed by atoms with E-state index >= 15 is 8.78 Å². The highest BCUT2D eigenvalue weighted by molar-refractivity contribution is 6.34. The fourth-order valence-electron chi connectivity index (χ4n) is 5.84. The molecule has 0 saturated carbocycles. The van der Waals surface area contributed by atoms with Gasteiger partial charge in [0.05, 0.1) is 28.4 Å². The highest BCUT2D eigenvalue weighted by Crippen LogP contribution is 2.53. The van der Waals surface area contributed by atoms with Gasteiger partial charge < -0.3 is 25.6 Å². The number of fused-ring (bicyclic) bond motifs is 3. The quantitative estimate of drug-likeness (QED) is 0.407. The average Bonchev–Trinajstić information content (AvgIpc) is 3.23. The molecule has 7 nitrogen and oxygen atoms in total. The van der Waals surface area contributed by atoms with Crippen LogP contribution in [0.15, 0.2) is 48.5 Å². The summed E-state index contributed by atoms with van der Waals surface area (Å²) in [6, 6.07) is 13.7. The second kappa shape index (κ2) is 9.96. The van der Waals surface area contributed by atoms with Crippen molar-refractivity contribution in [3.63, 3.8) is 0 Å². The topological polar surface area (TPSA) is 87.9 Å². The van der Waals surface area contributed by atoms with E-state index in [0.717, 1.165) is 5.56 Å². The first-order chi connectivity index (χ1) is 18.9. The number of ether oxygens (including phenoxy) is 1. The lowest BCUT2D eigenvalue weighted by atomic mass is 9.82. The minimum absolute atomic E-state index is 0.0774. The van der Waals surface area contributed by atoms with Crippen LogP contribution in [-0.2, 0) is 16.7 Å². The number of primary amides is 1. The molecule has 10 heteroatoms. The Labute approximate surface area is 236 Å². The summed E-state index contributed by atoms with van der Waals surface area (Å²) in [6.07, 6.45) is -0.186. The normalized spacial score (nSPS) is 18.3. The van der Waals surface area contributed by atoms with Gasteiger partial charge in [0.25, 0.3) is 0 Å². The van der Waals surface area contributed by atoms with E-state index in [9.17, 15) is 9.59 Å². The van der Waals surface area contributed by atoms with Crippen molar-refractivity contribution in [2.45, 2.75) is 38.3 Å². The number of nitrogens with two attached hydrogens (primary N) is 1. The van der Waals surface area contributed by atoms with Crippen molar-refractivity contribution in [2.75, 3.05) is 36.9 Å². The van der Waals surface area contributed by atoms with Crippen molar-refractivity contribution >= 4 is 35.0 Å². The predicted octanol–water partition coefficient (Wildman–Crippen LogP) is 5.93. The zero-order valence-corrected chi connectivity index (χ0v) is 23.5. The Morgan fingerprint density at radius 2 is 1.77 bits per heavy atom. The number of carbonyl (C=O) groups excluding carboxylic acids is 2. The van der Waals surface area contributed by atoms with Gasteiger partial charge in [0.2, 0.25) is 5.91 Å². The highest BCUT2D eigenvalue weighted by Gasteiger charge is 2.51. The second-order valence-corrected chi connectivity index (χ2v) is 11.5. The maximum atomic E-state index is 15.9. The SMILES string of the molecule is CNc1ccc(C(N)=O)c(-c2c(Cl)c(F)cc3c2CC2(c4ccccc4)CN(C(=O)OC(C)(C)C)CCN32)c1F. The molecule has 3 aromatic rings. The lowest BCUT2D eigenvalue weighted by molar-refractivity contribution is 0.0164. The molecule has 3 aromatic carbocycles. The number of piperazine rings is 1. The molecule has 2 heterocycles. The van der Waals surface area contributed by atoms with Crippen molar-refractivity contribution < 1.29 is 23.1 Å². The molecule has 2 aliphatic heterocycles. The number of nitrogens with one attached hydrogen (secondary N) is 1. The Kier molecular flexibility index (Phi) is 6.90. The predicted molar refractivity (Wildman–Crippen MR) is 152 cm³/mol. The lowest BCUT2D eigenvalue weighted by Gasteiger charge is -2.48. The first-order valence-electron chi connectivity index (χ1n) is 13.0. The molecule has 1 fully saturated rings. The van der Waals surface area contributed by atoms with Gasteiger partial charge in [-0.05, 0) is 50.1 Å². The minimum atomic E-state index is -0.866. The van der Waals surface area contributed by atoms with E-state index in [-0.39, 0.29) is 40.4 Å². The molecule has 0 radical (unpaired) electrons. The van der Waals surface area contributed by atoms with Crippen LogP contribution in [0.3, 0.4) is 0 Å². The summed E-state index contributed by atoms with van der Waals surface area (Å²) in [5, 5.41) is 2.46. The Balaban J connectivity index is 1.74. The van der Waals surface area contributed by atoms with Gasteiger partial charge in [-0.2, -0.15) is 0 Å². The molecule has 0 bridgehead atoms. The van der Waals surface area contributed by atoms with Crippen LogP contribution in [0, 0.1) is 11.6 Å². The number of rotatable bonds is 4. The fourth-order valence-corrected chi connectivity index (χ4v) is 6.10. The molecule has 5 rings (SSSR count). The number of hydrogen-bond donors (Lipinski definition) is 2. The van der Waals surface area contributed by atoms with Gasteiger partial charge in [-0.25, -0.2) is 13.6 Å². The summed E-state index contributed by atoms with van der Waals surface area (Å²) in [4.78, 5) is 29.3. The van der Waals surface area contributed by atoms with Crippen molar-refractivity contribution in [1.82, 2.24) is 4.90 Å². The zero-order valence-electron chi connectivity index (χ0n) is 22.8. The minimum Gasteiger partial charge on any atom is -0.444 e. The number of halogens is 3.